The first-order valence-electron chi connectivity index (χ1n) is 6.70. The number of hydrogen-bond acceptors (Lipinski definition) is 3. The predicted octanol–water partition coefficient (Wildman–Crippen LogP) is 1.19. The van der Waals surface area contributed by atoms with Crippen molar-refractivity contribution in [1.82, 2.24) is 20.4 Å². The minimum absolute atomic E-state index is 0.0154. The standard InChI is InChI=1S/C15H18N4O2/c1-11(18-15(21)10-16-12(2)20)13-5-3-6-14(9-13)19-8-4-7-17-19/h3-9,11H,10H2,1-2H3,(H,16,20)(H,18,21). The summed E-state index contributed by atoms with van der Waals surface area (Å²) in [7, 11) is 0. The molecule has 1 aromatic carbocycles. The Bertz CT molecular complexity index is 622. The van der Waals surface area contributed by atoms with Gasteiger partial charge in [-0.1, -0.05) is 12.1 Å². The highest BCUT2D eigenvalue weighted by Crippen LogP contribution is 2.16. The van der Waals surface area contributed by atoms with E-state index in [1.165, 1.54) is 6.92 Å². The molecule has 1 unspecified atom stereocenters. The molecule has 1 atom stereocenters. The first-order chi connectivity index (χ1) is 10.1. The van der Waals surface area contributed by atoms with Crippen molar-refractivity contribution in [2.75, 3.05) is 6.54 Å². The molecule has 1 aromatic heterocycles. The van der Waals surface area contributed by atoms with Crippen molar-refractivity contribution in [3.63, 3.8) is 0 Å². The molecular weight excluding hydrogens is 268 g/mol. The minimum atomic E-state index is -0.224. The molecule has 0 saturated carbocycles. The van der Waals surface area contributed by atoms with Crippen molar-refractivity contribution in [1.29, 1.82) is 0 Å². The Morgan fingerprint density at radius 2 is 2.14 bits per heavy atom. The molecule has 110 valence electrons. The summed E-state index contributed by atoms with van der Waals surface area (Å²) in [5.41, 5.74) is 1.90. The van der Waals surface area contributed by atoms with E-state index in [1.807, 2.05) is 43.5 Å². The van der Waals surface area contributed by atoms with Crippen LogP contribution in [0.4, 0.5) is 0 Å². The second-order valence-corrected chi connectivity index (χ2v) is 4.74. The van der Waals surface area contributed by atoms with Gasteiger partial charge in [0.15, 0.2) is 0 Å². The molecule has 6 nitrogen and oxygen atoms in total. The van der Waals surface area contributed by atoms with E-state index in [1.54, 1.807) is 10.9 Å². The van der Waals surface area contributed by atoms with E-state index >= 15 is 0 Å². The summed E-state index contributed by atoms with van der Waals surface area (Å²) in [6.45, 7) is 3.26. The summed E-state index contributed by atoms with van der Waals surface area (Å²) in [4.78, 5) is 22.5. The Kier molecular flexibility index (Phi) is 4.71. The molecule has 2 rings (SSSR count). The lowest BCUT2D eigenvalue weighted by atomic mass is 10.1. The largest absolute Gasteiger partial charge is 0.348 e. The number of rotatable bonds is 5. The molecule has 0 aliphatic heterocycles. The third-order valence-electron chi connectivity index (χ3n) is 3.01. The third kappa shape index (κ3) is 4.17. The lowest BCUT2D eigenvalue weighted by Crippen LogP contribution is -2.37. The van der Waals surface area contributed by atoms with Crippen LogP contribution in [0.5, 0.6) is 0 Å². The lowest BCUT2D eigenvalue weighted by molar-refractivity contribution is -0.125. The molecule has 6 heteroatoms. The number of benzene rings is 1. The molecule has 2 aromatic rings. The van der Waals surface area contributed by atoms with Gasteiger partial charge in [-0.25, -0.2) is 4.68 Å². The van der Waals surface area contributed by atoms with Crippen molar-refractivity contribution in [2.24, 2.45) is 0 Å². The second kappa shape index (κ2) is 6.69. The van der Waals surface area contributed by atoms with Crippen molar-refractivity contribution < 1.29 is 9.59 Å². The van der Waals surface area contributed by atoms with Gasteiger partial charge in [0.25, 0.3) is 0 Å². The van der Waals surface area contributed by atoms with E-state index in [0.717, 1.165) is 11.3 Å². The van der Waals surface area contributed by atoms with E-state index in [0.29, 0.717) is 0 Å². The maximum Gasteiger partial charge on any atom is 0.239 e. The second-order valence-electron chi connectivity index (χ2n) is 4.74. The molecule has 0 radical (unpaired) electrons. The van der Waals surface area contributed by atoms with Gasteiger partial charge >= 0.3 is 0 Å². The van der Waals surface area contributed by atoms with Crippen LogP contribution in [0, 0.1) is 0 Å². The quantitative estimate of drug-likeness (QED) is 0.866. The Labute approximate surface area is 123 Å². The molecule has 0 saturated heterocycles. The average molecular weight is 286 g/mol. The van der Waals surface area contributed by atoms with Crippen LogP contribution < -0.4 is 10.6 Å². The van der Waals surface area contributed by atoms with Crippen molar-refractivity contribution in [3.8, 4) is 5.69 Å². The van der Waals surface area contributed by atoms with E-state index in [2.05, 4.69) is 15.7 Å². The molecule has 1 heterocycles. The van der Waals surface area contributed by atoms with Crippen LogP contribution >= 0.6 is 0 Å². The monoisotopic (exact) mass is 286 g/mol. The normalized spacial score (nSPS) is 11.7. The van der Waals surface area contributed by atoms with Gasteiger partial charge in [0, 0.05) is 19.3 Å². The van der Waals surface area contributed by atoms with Crippen LogP contribution in [-0.2, 0) is 9.59 Å². The maximum atomic E-state index is 11.7. The minimum Gasteiger partial charge on any atom is -0.348 e. The van der Waals surface area contributed by atoms with Crippen LogP contribution in [0.2, 0.25) is 0 Å². The number of amides is 2. The lowest BCUT2D eigenvalue weighted by Gasteiger charge is -2.15. The molecule has 2 amide bonds. The summed E-state index contributed by atoms with van der Waals surface area (Å²) in [6.07, 6.45) is 3.57. The van der Waals surface area contributed by atoms with Crippen molar-refractivity contribution in [2.45, 2.75) is 19.9 Å². The summed E-state index contributed by atoms with van der Waals surface area (Å²) >= 11 is 0. The fraction of sp³-hybridized carbons (Fsp3) is 0.267. The fourth-order valence-electron chi connectivity index (χ4n) is 1.94. The van der Waals surface area contributed by atoms with Crippen molar-refractivity contribution in [3.05, 3.63) is 48.3 Å². The van der Waals surface area contributed by atoms with Gasteiger partial charge in [-0.15, -0.1) is 0 Å². The first-order valence-corrected chi connectivity index (χ1v) is 6.70. The van der Waals surface area contributed by atoms with Crippen molar-refractivity contribution >= 4 is 11.8 Å². The van der Waals surface area contributed by atoms with Gasteiger partial charge in [0.1, 0.15) is 0 Å². The smallest absolute Gasteiger partial charge is 0.239 e. The summed E-state index contributed by atoms with van der Waals surface area (Å²) in [5, 5.41) is 9.49. The SMILES string of the molecule is CC(=O)NCC(=O)NC(C)c1cccc(-n2cccn2)c1. The Morgan fingerprint density at radius 1 is 1.33 bits per heavy atom. The van der Waals surface area contributed by atoms with Gasteiger partial charge in [0.05, 0.1) is 18.3 Å². The van der Waals surface area contributed by atoms with Gasteiger partial charge < -0.3 is 10.6 Å². The Balaban J connectivity index is 2.02. The van der Waals surface area contributed by atoms with Crippen LogP contribution in [-0.4, -0.2) is 28.1 Å². The highest BCUT2D eigenvalue weighted by molar-refractivity contribution is 5.83. The third-order valence-corrected chi connectivity index (χ3v) is 3.01. The number of carbonyl (C=O) groups is 2. The number of carbonyl (C=O) groups excluding carboxylic acids is 2. The maximum absolute atomic E-state index is 11.7. The molecule has 0 bridgehead atoms. The zero-order chi connectivity index (χ0) is 15.2. The van der Waals surface area contributed by atoms with Crippen LogP contribution in [0.15, 0.2) is 42.7 Å². The molecular formula is C15H18N4O2. The number of aromatic nitrogens is 2. The topological polar surface area (TPSA) is 76.0 Å². The summed E-state index contributed by atoms with van der Waals surface area (Å²) in [5.74, 6) is -0.444. The van der Waals surface area contributed by atoms with E-state index in [9.17, 15) is 9.59 Å². The zero-order valence-electron chi connectivity index (χ0n) is 12.0. The molecule has 21 heavy (non-hydrogen) atoms. The predicted molar refractivity (Wildman–Crippen MR) is 78.8 cm³/mol. The van der Waals surface area contributed by atoms with Crippen LogP contribution in [0.3, 0.4) is 0 Å². The van der Waals surface area contributed by atoms with E-state index in [-0.39, 0.29) is 24.4 Å². The van der Waals surface area contributed by atoms with Gasteiger partial charge in [-0.2, -0.15) is 5.10 Å². The summed E-state index contributed by atoms with van der Waals surface area (Å²) < 4.78 is 1.76. The Hall–Kier alpha value is -2.63. The number of nitrogens with zero attached hydrogens (tertiary/aromatic N) is 2. The highest BCUT2D eigenvalue weighted by Gasteiger charge is 2.10. The molecule has 2 N–H and O–H groups in total. The molecule has 0 spiro atoms. The van der Waals surface area contributed by atoms with Crippen LogP contribution in [0.25, 0.3) is 5.69 Å². The van der Waals surface area contributed by atoms with E-state index < -0.39 is 0 Å². The van der Waals surface area contributed by atoms with Gasteiger partial charge in [-0.3, -0.25) is 9.59 Å². The van der Waals surface area contributed by atoms with E-state index in [4.69, 9.17) is 0 Å². The highest BCUT2D eigenvalue weighted by atomic mass is 16.2. The molecule has 0 fully saturated rings. The average Bonchev–Trinajstić information content (AvgIpc) is 2.99. The molecule has 0 aliphatic rings. The number of nitrogens with one attached hydrogen (secondary N) is 2. The summed E-state index contributed by atoms with van der Waals surface area (Å²) in [6, 6.07) is 9.48. The zero-order valence-corrected chi connectivity index (χ0v) is 12.0. The Morgan fingerprint density at radius 3 is 2.81 bits per heavy atom. The van der Waals surface area contributed by atoms with Gasteiger partial charge in [-0.05, 0) is 30.7 Å². The molecule has 0 aliphatic carbocycles. The fourth-order valence-corrected chi connectivity index (χ4v) is 1.94. The number of hydrogen-bond donors (Lipinski definition) is 2. The van der Waals surface area contributed by atoms with Gasteiger partial charge in [0.2, 0.25) is 11.8 Å². The first kappa shape index (κ1) is 14.8. The van der Waals surface area contributed by atoms with Crippen LogP contribution in [0.1, 0.15) is 25.5 Å².